The predicted octanol–water partition coefficient (Wildman–Crippen LogP) is 4.23. The normalized spacial score (nSPS) is 13.0. The van der Waals surface area contributed by atoms with Crippen LogP contribution < -0.4 is 15.4 Å². The number of halogens is 5. The molecule has 1 atom stereocenters. The van der Waals surface area contributed by atoms with Crippen LogP contribution in [0.1, 0.15) is 20.3 Å². The van der Waals surface area contributed by atoms with Gasteiger partial charge in [0.2, 0.25) is 0 Å². The summed E-state index contributed by atoms with van der Waals surface area (Å²) in [6, 6.07) is 6.93. The van der Waals surface area contributed by atoms with Crippen LogP contribution in [-0.2, 0) is 0 Å². The van der Waals surface area contributed by atoms with Crippen molar-refractivity contribution in [2.75, 3.05) is 19.6 Å². The summed E-state index contributed by atoms with van der Waals surface area (Å²) in [4.78, 5) is 4.22. The van der Waals surface area contributed by atoms with Gasteiger partial charge in [0.25, 0.3) is 0 Å². The Morgan fingerprint density at radius 2 is 1.88 bits per heavy atom. The third-order valence-corrected chi connectivity index (χ3v) is 2.95. The number of rotatable bonds is 7. The zero-order valence-corrected chi connectivity index (χ0v) is 16.6. The van der Waals surface area contributed by atoms with Crippen molar-refractivity contribution in [3.8, 4) is 5.75 Å². The number of nitrogens with zero attached hydrogens (tertiary/aromatic N) is 1. The van der Waals surface area contributed by atoms with Crippen molar-refractivity contribution in [1.82, 2.24) is 10.6 Å². The van der Waals surface area contributed by atoms with Gasteiger partial charge in [-0.15, -0.1) is 24.0 Å². The molecule has 0 saturated heterocycles. The summed E-state index contributed by atoms with van der Waals surface area (Å²) < 4.78 is 42.1. The Bertz CT molecular complexity index is 498. The van der Waals surface area contributed by atoms with Crippen LogP contribution in [0.4, 0.5) is 13.2 Å². The van der Waals surface area contributed by atoms with E-state index in [2.05, 4.69) is 15.6 Å². The predicted molar refractivity (Wildman–Crippen MR) is 102 cm³/mol. The van der Waals surface area contributed by atoms with Crippen molar-refractivity contribution >= 4 is 41.5 Å². The first kappa shape index (κ1) is 23.1. The van der Waals surface area contributed by atoms with Gasteiger partial charge in [-0.2, -0.15) is 13.2 Å². The minimum Gasteiger partial charge on any atom is -0.489 e. The third kappa shape index (κ3) is 10.8. The highest BCUT2D eigenvalue weighted by atomic mass is 127. The molecular formula is C15H22ClF3IN3O. The molecule has 0 bridgehead atoms. The van der Waals surface area contributed by atoms with E-state index in [4.69, 9.17) is 16.3 Å². The lowest BCUT2D eigenvalue weighted by Gasteiger charge is -2.15. The van der Waals surface area contributed by atoms with E-state index in [1.54, 1.807) is 24.3 Å². The van der Waals surface area contributed by atoms with Gasteiger partial charge in [0.1, 0.15) is 11.9 Å². The number of hydrogen-bond donors (Lipinski definition) is 2. The molecule has 0 heterocycles. The van der Waals surface area contributed by atoms with Crippen LogP contribution in [0.3, 0.4) is 0 Å². The Morgan fingerprint density at radius 3 is 2.42 bits per heavy atom. The minimum absolute atomic E-state index is 0. The second kappa shape index (κ2) is 11.6. The summed E-state index contributed by atoms with van der Waals surface area (Å²) in [5, 5.41) is 6.16. The summed E-state index contributed by atoms with van der Waals surface area (Å²) in [6.07, 6.45) is -5.32. The fraction of sp³-hybridized carbons (Fsp3) is 0.533. The summed E-state index contributed by atoms with van der Waals surface area (Å²) in [5.41, 5.74) is 0. The van der Waals surface area contributed by atoms with Crippen molar-refractivity contribution in [3.63, 3.8) is 0 Å². The van der Waals surface area contributed by atoms with E-state index in [-0.39, 0.29) is 36.6 Å². The molecule has 1 aromatic rings. The van der Waals surface area contributed by atoms with Crippen LogP contribution in [0.15, 0.2) is 29.3 Å². The number of guanidine groups is 1. The molecule has 0 aromatic heterocycles. The molecule has 0 spiro atoms. The molecular weight excluding hydrogens is 458 g/mol. The summed E-state index contributed by atoms with van der Waals surface area (Å²) in [7, 11) is 0. The molecule has 0 radical (unpaired) electrons. The largest absolute Gasteiger partial charge is 0.489 e. The van der Waals surface area contributed by atoms with E-state index < -0.39 is 12.6 Å². The molecule has 4 nitrogen and oxygen atoms in total. The lowest BCUT2D eigenvalue weighted by atomic mass is 10.3. The number of ether oxygens (including phenoxy) is 1. The first-order valence-corrected chi connectivity index (χ1v) is 7.69. The zero-order valence-electron chi connectivity index (χ0n) is 13.5. The van der Waals surface area contributed by atoms with E-state index in [1.807, 2.05) is 13.8 Å². The Kier molecular flexibility index (Phi) is 11.2. The van der Waals surface area contributed by atoms with Gasteiger partial charge < -0.3 is 15.4 Å². The average Bonchev–Trinajstić information content (AvgIpc) is 2.46. The number of alkyl halides is 3. The number of aliphatic imine (C=N–C) groups is 1. The smallest absolute Gasteiger partial charge is 0.390 e. The second-order valence-electron chi connectivity index (χ2n) is 4.89. The maximum atomic E-state index is 12.1. The van der Waals surface area contributed by atoms with Gasteiger partial charge in [-0.3, -0.25) is 0 Å². The van der Waals surface area contributed by atoms with Gasteiger partial charge in [-0.25, -0.2) is 4.99 Å². The monoisotopic (exact) mass is 479 g/mol. The lowest BCUT2D eigenvalue weighted by molar-refractivity contribution is -0.132. The molecule has 24 heavy (non-hydrogen) atoms. The van der Waals surface area contributed by atoms with E-state index in [0.29, 0.717) is 29.8 Å². The van der Waals surface area contributed by atoms with Crippen LogP contribution >= 0.6 is 35.6 Å². The van der Waals surface area contributed by atoms with Crippen molar-refractivity contribution in [2.45, 2.75) is 32.5 Å². The molecule has 1 rings (SSSR count). The highest BCUT2D eigenvalue weighted by Gasteiger charge is 2.26. The zero-order chi connectivity index (χ0) is 17.3. The molecule has 138 valence electrons. The van der Waals surface area contributed by atoms with Gasteiger partial charge in [0.05, 0.1) is 13.0 Å². The minimum atomic E-state index is -4.19. The van der Waals surface area contributed by atoms with Gasteiger partial charge in [-0.1, -0.05) is 11.6 Å². The molecule has 2 N–H and O–H groups in total. The van der Waals surface area contributed by atoms with Crippen molar-refractivity contribution in [3.05, 3.63) is 29.3 Å². The highest BCUT2D eigenvalue weighted by Crippen LogP contribution is 2.18. The van der Waals surface area contributed by atoms with Gasteiger partial charge >= 0.3 is 6.18 Å². The SMILES string of the molecule is CCNC(=NCC(C)Oc1ccc(Cl)cc1)NCCC(F)(F)F.I. The molecule has 0 aliphatic heterocycles. The Balaban J connectivity index is 0.00000529. The van der Waals surface area contributed by atoms with Crippen LogP contribution in [-0.4, -0.2) is 37.9 Å². The molecule has 1 aromatic carbocycles. The molecule has 0 aliphatic rings. The molecule has 1 unspecified atom stereocenters. The maximum Gasteiger partial charge on any atom is 0.390 e. The topological polar surface area (TPSA) is 45.7 Å². The number of benzene rings is 1. The van der Waals surface area contributed by atoms with Crippen LogP contribution in [0.25, 0.3) is 0 Å². The van der Waals surface area contributed by atoms with Crippen LogP contribution in [0, 0.1) is 0 Å². The Hall–Kier alpha value is -0.900. The van der Waals surface area contributed by atoms with E-state index in [1.165, 1.54) is 0 Å². The number of nitrogens with one attached hydrogen (secondary N) is 2. The summed E-state index contributed by atoms with van der Waals surface area (Å²) >= 11 is 5.79. The van der Waals surface area contributed by atoms with Crippen LogP contribution in [0.5, 0.6) is 5.75 Å². The van der Waals surface area contributed by atoms with Crippen molar-refractivity contribution in [2.24, 2.45) is 4.99 Å². The molecule has 0 fully saturated rings. The highest BCUT2D eigenvalue weighted by molar-refractivity contribution is 14.0. The molecule has 9 heteroatoms. The van der Waals surface area contributed by atoms with Gasteiger partial charge in [0, 0.05) is 18.1 Å². The molecule has 0 aliphatic carbocycles. The summed E-state index contributed by atoms with van der Waals surface area (Å²) in [6.45, 7) is 4.32. The van der Waals surface area contributed by atoms with Crippen molar-refractivity contribution in [1.29, 1.82) is 0 Å². The maximum absolute atomic E-state index is 12.1. The second-order valence-corrected chi connectivity index (χ2v) is 5.33. The van der Waals surface area contributed by atoms with E-state index >= 15 is 0 Å². The van der Waals surface area contributed by atoms with E-state index in [9.17, 15) is 13.2 Å². The lowest BCUT2D eigenvalue weighted by Crippen LogP contribution is -2.39. The third-order valence-electron chi connectivity index (χ3n) is 2.70. The first-order chi connectivity index (χ1) is 10.8. The van der Waals surface area contributed by atoms with Gasteiger partial charge in [0.15, 0.2) is 5.96 Å². The standard InChI is InChI=1S/C15H21ClF3N3O.HI/c1-3-20-14(21-9-8-15(17,18)19)22-10-11(2)23-13-6-4-12(16)5-7-13;/h4-7,11H,3,8-10H2,1-2H3,(H2,20,21,22);1H. The Morgan fingerprint density at radius 1 is 1.25 bits per heavy atom. The van der Waals surface area contributed by atoms with Crippen molar-refractivity contribution < 1.29 is 17.9 Å². The average molecular weight is 480 g/mol. The fourth-order valence-corrected chi connectivity index (χ4v) is 1.79. The van der Waals surface area contributed by atoms with E-state index in [0.717, 1.165) is 0 Å². The molecule has 0 saturated carbocycles. The number of hydrogen-bond acceptors (Lipinski definition) is 2. The molecule has 0 amide bonds. The Labute approximate surface area is 162 Å². The summed E-state index contributed by atoms with van der Waals surface area (Å²) in [5.74, 6) is 0.996. The fourth-order valence-electron chi connectivity index (χ4n) is 1.67. The quantitative estimate of drug-likeness (QED) is 0.349. The first-order valence-electron chi connectivity index (χ1n) is 7.31. The van der Waals surface area contributed by atoms with Gasteiger partial charge in [-0.05, 0) is 38.1 Å². The van der Waals surface area contributed by atoms with Crippen LogP contribution in [0.2, 0.25) is 5.02 Å².